The summed E-state index contributed by atoms with van der Waals surface area (Å²) in [5, 5.41) is 0. The zero-order valence-corrected chi connectivity index (χ0v) is 11.4. The number of benzene rings is 1. The third kappa shape index (κ3) is 3.06. The number of nitrogen functional groups attached to an aromatic ring is 1. The number of hydrogen-bond donors (Lipinski definition) is 1. The molecule has 64 valence electrons. The predicted molar refractivity (Wildman–Crippen MR) is 69.4 cm³/mol. The average Bonchev–Trinajstić information content (AvgIpc) is 1.96. The van der Waals surface area contributed by atoms with Crippen molar-refractivity contribution in [2.24, 2.45) is 0 Å². The highest BCUT2D eigenvalue weighted by atomic mass is 127. The fourth-order valence-electron chi connectivity index (χ4n) is 0.788. The molecule has 0 amide bonds. The molecule has 0 saturated carbocycles. The topological polar surface area (TPSA) is 26.0 Å². The Morgan fingerprint density at radius 2 is 2.08 bits per heavy atom. The molecule has 1 aromatic rings. The number of nitrogens with two attached hydrogens (primary N) is 1. The van der Waals surface area contributed by atoms with Gasteiger partial charge in [0.05, 0.1) is 3.39 Å². The summed E-state index contributed by atoms with van der Waals surface area (Å²) in [7, 11) is 0. The summed E-state index contributed by atoms with van der Waals surface area (Å²) in [6, 6.07) is 5.91. The Morgan fingerprint density at radius 3 is 2.67 bits per heavy atom. The lowest BCUT2D eigenvalue weighted by Gasteiger charge is -2.00. The van der Waals surface area contributed by atoms with Crippen LogP contribution in [-0.4, -0.2) is 0 Å². The van der Waals surface area contributed by atoms with Crippen LogP contribution in [0.1, 0.15) is 5.56 Å². The maximum Gasteiger partial charge on any atom is 0.0610 e. The van der Waals surface area contributed by atoms with Gasteiger partial charge < -0.3 is 5.73 Å². The Hall–Kier alpha value is 0.450. The summed E-state index contributed by atoms with van der Waals surface area (Å²) >= 11 is 8.83. The lowest BCUT2D eigenvalue weighted by Crippen LogP contribution is -1.89. The van der Waals surface area contributed by atoms with Gasteiger partial charge in [-0.1, -0.05) is 0 Å². The first-order valence-corrected chi connectivity index (χ1v) is 5.84. The predicted octanol–water partition coefficient (Wildman–Crippen LogP) is 3.96. The van der Waals surface area contributed by atoms with Crippen molar-refractivity contribution in [2.75, 3.05) is 5.73 Å². The van der Waals surface area contributed by atoms with E-state index >= 15 is 0 Å². The van der Waals surface area contributed by atoms with Crippen LogP contribution in [0.3, 0.4) is 0 Å². The molecule has 0 aliphatic rings. The Morgan fingerprint density at radius 1 is 1.42 bits per heavy atom. The van der Waals surface area contributed by atoms with Gasteiger partial charge in [0.15, 0.2) is 0 Å². The van der Waals surface area contributed by atoms with E-state index in [2.05, 4.69) is 54.5 Å². The molecule has 0 aromatic heterocycles. The van der Waals surface area contributed by atoms with Crippen LogP contribution in [0.25, 0.3) is 6.08 Å². The van der Waals surface area contributed by atoms with Gasteiger partial charge in [0.2, 0.25) is 0 Å². The van der Waals surface area contributed by atoms with E-state index in [4.69, 9.17) is 5.73 Å². The van der Waals surface area contributed by atoms with Crippen molar-refractivity contribution in [3.05, 3.63) is 30.7 Å². The zero-order chi connectivity index (χ0) is 9.14. The molecule has 0 atom stereocenters. The first-order valence-electron chi connectivity index (χ1n) is 3.17. The summed E-state index contributed by atoms with van der Waals surface area (Å²) < 4.78 is 2.07. The maximum absolute atomic E-state index is 5.75. The number of halogens is 3. The van der Waals surface area contributed by atoms with Gasteiger partial charge in [-0.25, -0.2) is 0 Å². The van der Waals surface area contributed by atoms with E-state index in [1.54, 1.807) is 0 Å². The molecule has 0 radical (unpaired) electrons. The van der Waals surface area contributed by atoms with Gasteiger partial charge >= 0.3 is 0 Å². The minimum absolute atomic E-state index is 0.784. The highest BCUT2D eigenvalue weighted by Crippen LogP contribution is 2.23. The van der Waals surface area contributed by atoms with E-state index in [1.165, 1.54) is 3.57 Å². The summed E-state index contributed by atoms with van der Waals surface area (Å²) in [4.78, 5) is 0. The smallest absolute Gasteiger partial charge is 0.0610 e. The molecule has 0 heterocycles. The zero-order valence-electron chi connectivity index (χ0n) is 6.02. The van der Waals surface area contributed by atoms with E-state index < -0.39 is 0 Å². The van der Waals surface area contributed by atoms with E-state index in [9.17, 15) is 0 Å². The number of hydrogen-bond acceptors (Lipinski definition) is 1. The normalized spacial score (nSPS) is 9.58. The van der Waals surface area contributed by atoms with Gasteiger partial charge in [0.25, 0.3) is 0 Å². The molecule has 0 aliphatic carbocycles. The second kappa shape index (κ2) is 4.62. The molecule has 12 heavy (non-hydrogen) atoms. The van der Waals surface area contributed by atoms with E-state index in [-0.39, 0.29) is 0 Å². The second-order valence-electron chi connectivity index (χ2n) is 2.21. The minimum atomic E-state index is 0.784. The van der Waals surface area contributed by atoms with Crippen LogP contribution in [-0.2, 0) is 0 Å². The van der Waals surface area contributed by atoms with Gasteiger partial charge in [-0.05, 0) is 78.7 Å². The highest BCUT2D eigenvalue weighted by molar-refractivity contribution is 14.1. The Bertz CT molecular complexity index is 319. The number of rotatable bonds is 1. The van der Waals surface area contributed by atoms with Crippen LogP contribution in [0.2, 0.25) is 0 Å². The molecule has 0 fully saturated rings. The van der Waals surface area contributed by atoms with Crippen LogP contribution in [0.15, 0.2) is 21.6 Å². The van der Waals surface area contributed by atoms with Crippen molar-refractivity contribution in [3.8, 4) is 0 Å². The van der Waals surface area contributed by atoms with Gasteiger partial charge in [-0.3, -0.25) is 0 Å². The molecule has 0 bridgehead atoms. The monoisotopic (exact) mass is 401 g/mol. The van der Waals surface area contributed by atoms with E-state index in [0.717, 1.165) is 14.6 Å². The molecule has 4 heteroatoms. The molecule has 1 nitrogen and oxygen atoms in total. The van der Waals surface area contributed by atoms with Gasteiger partial charge in [-0.15, -0.1) is 0 Å². The van der Waals surface area contributed by atoms with E-state index in [1.807, 2.05) is 24.3 Å². The number of anilines is 1. The van der Waals surface area contributed by atoms with Gasteiger partial charge in [0.1, 0.15) is 0 Å². The Labute approximate surface area is 102 Å². The van der Waals surface area contributed by atoms with E-state index in [0.29, 0.717) is 0 Å². The van der Waals surface area contributed by atoms with Crippen LogP contribution >= 0.6 is 54.5 Å². The lowest BCUT2D eigenvalue weighted by molar-refractivity contribution is 1.60. The highest BCUT2D eigenvalue weighted by Gasteiger charge is 1.96. The quantitative estimate of drug-likeness (QED) is 0.558. The summed E-state index contributed by atoms with van der Waals surface area (Å²) in [6.07, 6.45) is 1.93. The van der Waals surface area contributed by atoms with Crippen LogP contribution in [0.5, 0.6) is 0 Å². The minimum Gasteiger partial charge on any atom is -0.398 e. The fraction of sp³-hybridized carbons (Fsp3) is 0. The SMILES string of the molecule is Nc1ccc(I)cc1C=C(Br)Br. The summed E-state index contributed by atoms with van der Waals surface area (Å²) in [5.74, 6) is 0. The first kappa shape index (κ1) is 10.5. The molecular formula is C8H6Br2IN. The molecule has 1 rings (SSSR count). The molecule has 1 aromatic carbocycles. The summed E-state index contributed by atoms with van der Waals surface area (Å²) in [6.45, 7) is 0. The average molecular weight is 403 g/mol. The van der Waals surface area contributed by atoms with Crippen LogP contribution < -0.4 is 5.73 Å². The first-order chi connectivity index (χ1) is 5.59. The fourth-order valence-corrected chi connectivity index (χ4v) is 1.80. The Kier molecular flexibility index (Phi) is 4.05. The molecule has 2 N–H and O–H groups in total. The third-order valence-corrected chi connectivity index (χ3v) is 2.44. The van der Waals surface area contributed by atoms with Gasteiger partial charge in [0, 0.05) is 14.8 Å². The van der Waals surface area contributed by atoms with Crippen molar-refractivity contribution in [1.29, 1.82) is 0 Å². The van der Waals surface area contributed by atoms with Crippen molar-refractivity contribution in [1.82, 2.24) is 0 Å². The van der Waals surface area contributed by atoms with Crippen molar-refractivity contribution < 1.29 is 0 Å². The van der Waals surface area contributed by atoms with Crippen molar-refractivity contribution in [2.45, 2.75) is 0 Å². The summed E-state index contributed by atoms with van der Waals surface area (Å²) in [5.41, 5.74) is 7.55. The third-order valence-electron chi connectivity index (χ3n) is 1.31. The molecule has 0 aliphatic heterocycles. The Balaban J connectivity index is 3.14. The van der Waals surface area contributed by atoms with Crippen molar-refractivity contribution >= 4 is 66.2 Å². The molecule has 0 spiro atoms. The largest absolute Gasteiger partial charge is 0.398 e. The standard InChI is InChI=1S/C8H6Br2IN/c9-8(10)4-5-3-6(11)1-2-7(5)12/h1-4H,12H2. The lowest BCUT2D eigenvalue weighted by atomic mass is 10.2. The van der Waals surface area contributed by atoms with Crippen LogP contribution in [0.4, 0.5) is 5.69 Å². The van der Waals surface area contributed by atoms with Crippen molar-refractivity contribution in [3.63, 3.8) is 0 Å². The maximum atomic E-state index is 5.75. The van der Waals surface area contributed by atoms with Crippen LogP contribution in [0, 0.1) is 3.57 Å². The van der Waals surface area contributed by atoms with Gasteiger partial charge in [-0.2, -0.15) is 0 Å². The molecule has 0 unspecified atom stereocenters. The molecule has 0 saturated heterocycles. The molecular weight excluding hydrogens is 397 g/mol. The second-order valence-corrected chi connectivity index (χ2v) is 6.23.